The summed E-state index contributed by atoms with van der Waals surface area (Å²) in [4.78, 5) is 10.2. The number of nitrogens with zero attached hydrogens (tertiary/aromatic N) is 1. The molecular weight excluding hydrogens is 302 g/mol. The molecule has 1 fully saturated rings. The maximum Gasteiger partial charge on any atom is 0.274 e. The Morgan fingerprint density at radius 2 is 2.06 bits per heavy atom. The van der Waals surface area contributed by atoms with Crippen molar-refractivity contribution in [2.75, 3.05) is 6.61 Å². The van der Waals surface area contributed by atoms with E-state index < -0.39 is 10.5 Å². The first kappa shape index (κ1) is 13.3. The zero-order chi connectivity index (χ0) is 13.2. The van der Waals surface area contributed by atoms with Crippen LogP contribution in [-0.4, -0.2) is 22.2 Å². The van der Waals surface area contributed by atoms with Crippen molar-refractivity contribution in [3.8, 4) is 5.75 Å². The van der Waals surface area contributed by atoms with Gasteiger partial charge in [0.2, 0.25) is 0 Å². The second kappa shape index (κ2) is 5.24. The van der Waals surface area contributed by atoms with Crippen LogP contribution in [-0.2, 0) is 0 Å². The highest BCUT2D eigenvalue weighted by atomic mass is 79.9. The summed E-state index contributed by atoms with van der Waals surface area (Å²) < 4.78 is 6.07. The fourth-order valence-corrected chi connectivity index (χ4v) is 2.59. The normalized spacial score (nSPS) is 17.7. The molecule has 0 bridgehead atoms. The van der Waals surface area contributed by atoms with Crippen molar-refractivity contribution < 1.29 is 14.8 Å². The molecule has 1 aromatic carbocycles. The summed E-state index contributed by atoms with van der Waals surface area (Å²) in [7, 11) is 0. The van der Waals surface area contributed by atoms with Crippen LogP contribution >= 0.6 is 15.9 Å². The average molecular weight is 316 g/mol. The van der Waals surface area contributed by atoms with E-state index in [9.17, 15) is 15.2 Å². The van der Waals surface area contributed by atoms with Gasteiger partial charge in [-0.3, -0.25) is 10.1 Å². The molecule has 1 aromatic rings. The van der Waals surface area contributed by atoms with Crippen LogP contribution in [0.4, 0.5) is 5.69 Å². The van der Waals surface area contributed by atoms with E-state index in [1.807, 2.05) is 0 Å². The van der Waals surface area contributed by atoms with Gasteiger partial charge in [-0.2, -0.15) is 0 Å². The number of nitro benzene ring substituents is 1. The van der Waals surface area contributed by atoms with Crippen LogP contribution in [0.5, 0.6) is 5.75 Å². The van der Waals surface area contributed by atoms with Crippen LogP contribution in [0.2, 0.25) is 0 Å². The Balaban J connectivity index is 2.07. The molecule has 6 heteroatoms. The lowest BCUT2D eigenvalue weighted by Gasteiger charge is -2.22. The van der Waals surface area contributed by atoms with Crippen molar-refractivity contribution in [2.24, 2.45) is 0 Å². The van der Waals surface area contributed by atoms with Crippen molar-refractivity contribution in [3.63, 3.8) is 0 Å². The van der Waals surface area contributed by atoms with Gasteiger partial charge in [0.15, 0.2) is 0 Å². The fraction of sp³-hybridized carbons (Fsp3) is 0.500. The van der Waals surface area contributed by atoms with E-state index in [0.29, 0.717) is 10.2 Å². The highest BCUT2D eigenvalue weighted by Gasteiger charge is 2.32. The summed E-state index contributed by atoms with van der Waals surface area (Å²) in [5, 5.41) is 20.8. The van der Waals surface area contributed by atoms with E-state index in [1.54, 1.807) is 6.07 Å². The van der Waals surface area contributed by atoms with Crippen LogP contribution in [0.3, 0.4) is 0 Å². The molecule has 0 aromatic heterocycles. The van der Waals surface area contributed by atoms with Gasteiger partial charge in [-0.25, -0.2) is 0 Å². The Labute approximate surface area is 113 Å². The molecule has 0 radical (unpaired) electrons. The Bertz CT molecular complexity index is 457. The minimum absolute atomic E-state index is 0.0298. The quantitative estimate of drug-likeness (QED) is 0.684. The van der Waals surface area contributed by atoms with Crippen molar-refractivity contribution in [2.45, 2.75) is 31.3 Å². The van der Waals surface area contributed by atoms with E-state index in [0.717, 1.165) is 25.7 Å². The molecule has 0 amide bonds. The smallest absolute Gasteiger partial charge is 0.274 e. The molecule has 0 saturated heterocycles. The van der Waals surface area contributed by atoms with E-state index in [2.05, 4.69) is 15.9 Å². The van der Waals surface area contributed by atoms with E-state index in [-0.39, 0.29) is 12.3 Å². The van der Waals surface area contributed by atoms with Gasteiger partial charge < -0.3 is 9.84 Å². The Kier molecular flexibility index (Phi) is 3.87. The van der Waals surface area contributed by atoms with Gasteiger partial charge in [0.25, 0.3) is 5.69 Å². The molecule has 1 saturated carbocycles. The monoisotopic (exact) mass is 315 g/mol. The third-order valence-electron chi connectivity index (χ3n) is 3.11. The second-order valence-corrected chi connectivity index (χ2v) is 5.54. The number of aliphatic hydroxyl groups is 1. The maximum absolute atomic E-state index is 10.7. The highest BCUT2D eigenvalue weighted by Crippen LogP contribution is 2.31. The molecular formula is C12H14BrNO4. The number of non-ortho nitro benzene ring substituents is 1. The van der Waals surface area contributed by atoms with E-state index in [4.69, 9.17) is 4.74 Å². The number of hydrogen-bond acceptors (Lipinski definition) is 4. The molecule has 2 rings (SSSR count). The first-order valence-corrected chi connectivity index (χ1v) is 6.58. The Morgan fingerprint density at radius 1 is 1.39 bits per heavy atom. The van der Waals surface area contributed by atoms with Crippen molar-refractivity contribution >= 4 is 21.6 Å². The third-order valence-corrected chi connectivity index (χ3v) is 3.57. The van der Waals surface area contributed by atoms with Gasteiger partial charge in [-0.15, -0.1) is 0 Å². The van der Waals surface area contributed by atoms with Crippen LogP contribution in [0.15, 0.2) is 22.7 Å². The van der Waals surface area contributed by atoms with Crippen LogP contribution < -0.4 is 4.74 Å². The molecule has 1 aliphatic rings. The molecule has 18 heavy (non-hydrogen) atoms. The number of benzene rings is 1. The van der Waals surface area contributed by atoms with E-state index in [1.165, 1.54) is 12.1 Å². The van der Waals surface area contributed by atoms with Crippen molar-refractivity contribution in [1.29, 1.82) is 0 Å². The van der Waals surface area contributed by atoms with Crippen molar-refractivity contribution in [1.82, 2.24) is 0 Å². The summed E-state index contributed by atoms with van der Waals surface area (Å²) in [5.74, 6) is 0.399. The highest BCUT2D eigenvalue weighted by molar-refractivity contribution is 9.10. The van der Waals surface area contributed by atoms with Gasteiger partial charge in [-0.05, 0) is 18.9 Å². The summed E-state index contributed by atoms with van der Waals surface area (Å²) in [6.45, 7) is 0.181. The Morgan fingerprint density at radius 3 is 2.67 bits per heavy atom. The molecule has 5 nitrogen and oxygen atoms in total. The standard InChI is InChI=1S/C12H14BrNO4/c13-9-5-10(14(16)17)7-11(6-9)18-8-12(15)3-1-2-4-12/h5-7,15H,1-4,8H2. The summed E-state index contributed by atoms with van der Waals surface area (Å²) in [6, 6.07) is 4.44. The minimum atomic E-state index is -0.781. The lowest BCUT2D eigenvalue weighted by molar-refractivity contribution is -0.385. The maximum atomic E-state index is 10.7. The SMILES string of the molecule is O=[N+]([O-])c1cc(Br)cc(OCC2(O)CCCC2)c1. The average Bonchev–Trinajstić information content (AvgIpc) is 2.73. The van der Waals surface area contributed by atoms with Gasteiger partial charge in [0.1, 0.15) is 12.4 Å². The number of hydrogen-bond donors (Lipinski definition) is 1. The fourth-order valence-electron chi connectivity index (χ4n) is 2.13. The zero-order valence-corrected chi connectivity index (χ0v) is 11.4. The molecule has 0 heterocycles. The van der Waals surface area contributed by atoms with Gasteiger partial charge in [0.05, 0.1) is 16.6 Å². The molecule has 1 N–H and O–H groups in total. The largest absolute Gasteiger partial charge is 0.490 e. The second-order valence-electron chi connectivity index (χ2n) is 4.62. The number of rotatable bonds is 4. The lowest BCUT2D eigenvalue weighted by Crippen LogP contribution is -2.32. The third kappa shape index (κ3) is 3.20. The molecule has 98 valence electrons. The number of ether oxygens (including phenoxy) is 1. The minimum Gasteiger partial charge on any atom is -0.490 e. The summed E-state index contributed by atoms with van der Waals surface area (Å²) in [5.41, 5.74) is -0.810. The first-order chi connectivity index (χ1) is 8.48. The molecule has 0 unspecified atom stereocenters. The molecule has 0 atom stereocenters. The van der Waals surface area contributed by atoms with Gasteiger partial charge in [0, 0.05) is 10.5 Å². The first-order valence-electron chi connectivity index (χ1n) is 5.79. The van der Waals surface area contributed by atoms with Crippen molar-refractivity contribution in [3.05, 3.63) is 32.8 Å². The lowest BCUT2D eigenvalue weighted by atomic mass is 10.0. The van der Waals surface area contributed by atoms with Gasteiger partial charge in [-0.1, -0.05) is 28.8 Å². The van der Waals surface area contributed by atoms with Gasteiger partial charge >= 0.3 is 0 Å². The number of halogens is 1. The molecule has 0 aliphatic heterocycles. The zero-order valence-electron chi connectivity index (χ0n) is 9.76. The topological polar surface area (TPSA) is 72.6 Å². The van der Waals surface area contributed by atoms with Crippen LogP contribution in [0.1, 0.15) is 25.7 Å². The predicted octanol–water partition coefficient (Wildman–Crippen LogP) is 3.04. The molecule has 0 spiro atoms. The van der Waals surface area contributed by atoms with E-state index >= 15 is 0 Å². The van der Waals surface area contributed by atoms with Crippen LogP contribution in [0, 0.1) is 10.1 Å². The summed E-state index contributed by atoms with van der Waals surface area (Å²) in [6.07, 6.45) is 3.45. The predicted molar refractivity (Wildman–Crippen MR) is 69.7 cm³/mol. The summed E-state index contributed by atoms with van der Waals surface area (Å²) >= 11 is 3.20. The molecule has 1 aliphatic carbocycles. The van der Waals surface area contributed by atoms with Crippen LogP contribution in [0.25, 0.3) is 0 Å². The number of nitro groups is 1. The Hall–Kier alpha value is -1.14.